The van der Waals surface area contributed by atoms with Crippen LogP contribution < -0.4 is 10.6 Å². The second kappa shape index (κ2) is 6.07. The van der Waals surface area contributed by atoms with E-state index in [1.54, 1.807) is 0 Å². The molecule has 0 aromatic heterocycles. The molecular weight excluding hydrogens is 252 g/mol. The fraction of sp³-hybridized carbons (Fsp3) is 0.500. The maximum absolute atomic E-state index is 12.4. The maximum atomic E-state index is 12.4. The van der Waals surface area contributed by atoms with Crippen molar-refractivity contribution in [1.29, 1.82) is 0 Å². The first kappa shape index (κ1) is 14.6. The molecule has 4 nitrogen and oxygen atoms in total. The third kappa shape index (κ3) is 3.38. The van der Waals surface area contributed by atoms with Gasteiger partial charge in [-0.2, -0.15) is 0 Å². The van der Waals surface area contributed by atoms with Gasteiger partial charge in [0.15, 0.2) is 0 Å². The number of carbonyl (C=O) groups excluding carboxylic acids is 2. The van der Waals surface area contributed by atoms with E-state index in [9.17, 15) is 9.59 Å². The zero-order chi connectivity index (χ0) is 14.6. The molecule has 2 amide bonds. The van der Waals surface area contributed by atoms with E-state index in [0.29, 0.717) is 6.42 Å². The number of hydrogen-bond donors (Lipinski definition) is 2. The van der Waals surface area contributed by atoms with Crippen molar-refractivity contribution in [3.8, 4) is 0 Å². The Labute approximate surface area is 119 Å². The van der Waals surface area contributed by atoms with Crippen LogP contribution in [0.25, 0.3) is 0 Å². The summed E-state index contributed by atoms with van der Waals surface area (Å²) in [5, 5.41) is 5.85. The van der Waals surface area contributed by atoms with Crippen LogP contribution in [0.4, 0.5) is 0 Å². The summed E-state index contributed by atoms with van der Waals surface area (Å²) in [6, 6.07) is 9.59. The molecule has 0 saturated heterocycles. The summed E-state index contributed by atoms with van der Waals surface area (Å²) in [6.45, 7) is 3.45. The first-order valence-corrected chi connectivity index (χ1v) is 7.22. The highest BCUT2D eigenvalue weighted by Crippen LogP contribution is 2.45. The van der Waals surface area contributed by atoms with Gasteiger partial charge in [-0.1, -0.05) is 43.7 Å². The van der Waals surface area contributed by atoms with Gasteiger partial charge in [-0.05, 0) is 24.8 Å². The van der Waals surface area contributed by atoms with Crippen LogP contribution in [0.5, 0.6) is 0 Å². The maximum Gasteiger partial charge on any atom is 0.243 e. The molecule has 1 aromatic carbocycles. The normalized spacial score (nSPS) is 17.1. The largest absolute Gasteiger partial charge is 0.345 e. The molecule has 1 saturated carbocycles. The molecule has 0 radical (unpaired) electrons. The molecule has 1 aliphatic carbocycles. The van der Waals surface area contributed by atoms with Crippen molar-refractivity contribution in [1.82, 2.24) is 10.6 Å². The van der Waals surface area contributed by atoms with Crippen LogP contribution in [0.2, 0.25) is 0 Å². The standard InChI is InChI=1S/C16H22N2O2/c1-3-7-14(17-12(2)19)15(20)18-16(10-11-16)13-8-5-4-6-9-13/h4-6,8-9,14H,3,7,10-11H2,1-2H3,(H,17,19)(H,18,20)/t14-/m1/s1. The van der Waals surface area contributed by atoms with E-state index in [4.69, 9.17) is 0 Å². The second-order valence-corrected chi connectivity index (χ2v) is 5.48. The molecule has 4 heteroatoms. The van der Waals surface area contributed by atoms with Crippen molar-refractivity contribution < 1.29 is 9.59 Å². The molecule has 1 atom stereocenters. The SMILES string of the molecule is CCC[C@@H](NC(C)=O)C(=O)NC1(c2ccccc2)CC1. The molecule has 0 bridgehead atoms. The van der Waals surface area contributed by atoms with Gasteiger partial charge in [0, 0.05) is 6.92 Å². The highest BCUT2D eigenvalue weighted by molar-refractivity contribution is 5.87. The molecule has 108 valence electrons. The Hall–Kier alpha value is -1.84. The Kier molecular flexibility index (Phi) is 4.42. The minimum atomic E-state index is -0.432. The van der Waals surface area contributed by atoms with Crippen molar-refractivity contribution >= 4 is 11.8 Å². The van der Waals surface area contributed by atoms with Gasteiger partial charge in [-0.3, -0.25) is 9.59 Å². The van der Waals surface area contributed by atoms with Gasteiger partial charge in [0.1, 0.15) is 6.04 Å². The summed E-state index contributed by atoms with van der Waals surface area (Å²) in [7, 11) is 0. The molecule has 0 heterocycles. The van der Waals surface area contributed by atoms with Crippen molar-refractivity contribution in [2.45, 2.75) is 51.1 Å². The average molecular weight is 274 g/mol. The zero-order valence-corrected chi connectivity index (χ0v) is 12.1. The number of benzene rings is 1. The molecule has 2 N–H and O–H groups in total. The second-order valence-electron chi connectivity index (χ2n) is 5.48. The van der Waals surface area contributed by atoms with Gasteiger partial charge in [0.2, 0.25) is 11.8 Å². The Balaban J connectivity index is 2.04. The number of amides is 2. The summed E-state index contributed by atoms with van der Waals surface area (Å²) in [4.78, 5) is 23.6. The van der Waals surface area contributed by atoms with Crippen LogP contribution in [-0.4, -0.2) is 17.9 Å². The molecule has 0 aliphatic heterocycles. The predicted octanol–water partition coefficient (Wildman–Crippen LogP) is 2.10. The van der Waals surface area contributed by atoms with Gasteiger partial charge < -0.3 is 10.6 Å². The van der Waals surface area contributed by atoms with Crippen LogP contribution >= 0.6 is 0 Å². The van der Waals surface area contributed by atoms with Crippen LogP contribution in [0, 0.1) is 0 Å². The highest BCUT2D eigenvalue weighted by atomic mass is 16.2. The monoisotopic (exact) mass is 274 g/mol. The van der Waals surface area contributed by atoms with E-state index in [1.165, 1.54) is 6.92 Å². The lowest BCUT2D eigenvalue weighted by molar-refractivity contribution is -0.129. The molecular formula is C16H22N2O2. The van der Waals surface area contributed by atoms with Crippen molar-refractivity contribution in [3.05, 3.63) is 35.9 Å². The Bertz CT molecular complexity index is 481. The van der Waals surface area contributed by atoms with E-state index < -0.39 is 6.04 Å². The summed E-state index contributed by atoms with van der Waals surface area (Å²) < 4.78 is 0. The Morgan fingerprint density at radius 1 is 1.25 bits per heavy atom. The fourth-order valence-corrected chi connectivity index (χ4v) is 2.49. The fourth-order valence-electron chi connectivity index (χ4n) is 2.49. The van der Waals surface area contributed by atoms with E-state index in [-0.39, 0.29) is 17.4 Å². The molecule has 2 rings (SSSR count). The number of rotatable bonds is 6. The number of nitrogens with one attached hydrogen (secondary N) is 2. The van der Waals surface area contributed by atoms with Crippen molar-refractivity contribution in [3.63, 3.8) is 0 Å². The van der Waals surface area contributed by atoms with E-state index >= 15 is 0 Å². The molecule has 1 fully saturated rings. The lowest BCUT2D eigenvalue weighted by Crippen LogP contribution is -2.49. The lowest BCUT2D eigenvalue weighted by Gasteiger charge is -2.23. The van der Waals surface area contributed by atoms with Crippen molar-refractivity contribution in [2.24, 2.45) is 0 Å². The first-order chi connectivity index (χ1) is 9.57. The topological polar surface area (TPSA) is 58.2 Å². The van der Waals surface area contributed by atoms with Crippen LogP contribution in [-0.2, 0) is 15.1 Å². The Morgan fingerprint density at radius 3 is 2.40 bits per heavy atom. The third-order valence-corrected chi connectivity index (χ3v) is 3.71. The smallest absolute Gasteiger partial charge is 0.243 e. The lowest BCUT2D eigenvalue weighted by atomic mass is 10.0. The molecule has 20 heavy (non-hydrogen) atoms. The molecule has 1 aliphatic rings. The van der Waals surface area contributed by atoms with Crippen LogP contribution in [0.1, 0.15) is 45.1 Å². The van der Waals surface area contributed by atoms with E-state index in [1.807, 2.05) is 37.3 Å². The highest BCUT2D eigenvalue weighted by Gasteiger charge is 2.46. The summed E-state index contributed by atoms with van der Waals surface area (Å²) in [6.07, 6.45) is 3.44. The minimum absolute atomic E-state index is 0.0802. The zero-order valence-electron chi connectivity index (χ0n) is 12.1. The number of hydrogen-bond acceptors (Lipinski definition) is 2. The summed E-state index contributed by atoms with van der Waals surface area (Å²) in [5.74, 6) is -0.244. The van der Waals surface area contributed by atoms with E-state index in [2.05, 4.69) is 10.6 Å². The average Bonchev–Trinajstić information content (AvgIpc) is 3.20. The van der Waals surface area contributed by atoms with Crippen molar-refractivity contribution in [2.75, 3.05) is 0 Å². The number of carbonyl (C=O) groups is 2. The minimum Gasteiger partial charge on any atom is -0.345 e. The molecule has 1 aromatic rings. The van der Waals surface area contributed by atoms with Gasteiger partial charge in [-0.25, -0.2) is 0 Å². The van der Waals surface area contributed by atoms with E-state index in [0.717, 1.165) is 24.8 Å². The molecule has 0 unspecified atom stereocenters. The van der Waals surface area contributed by atoms with Gasteiger partial charge in [0.05, 0.1) is 5.54 Å². The third-order valence-electron chi connectivity index (χ3n) is 3.71. The first-order valence-electron chi connectivity index (χ1n) is 7.22. The quantitative estimate of drug-likeness (QED) is 0.834. The van der Waals surface area contributed by atoms with Gasteiger partial charge in [0.25, 0.3) is 0 Å². The predicted molar refractivity (Wildman–Crippen MR) is 78.0 cm³/mol. The van der Waals surface area contributed by atoms with Gasteiger partial charge in [-0.15, -0.1) is 0 Å². The van der Waals surface area contributed by atoms with Crippen LogP contribution in [0.3, 0.4) is 0 Å². The Morgan fingerprint density at radius 2 is 1.90 bits per heavy atom. The van der Waals surface area contributed by atoms with Gasteiger partial charge >= 0.3 is 0 Å². The summed E-state index contributed by atoms with van der Waals surface area (Å²) >= 11 is 0. The molecule has 0 spiro atoms. The summed E-state index contributed by atoms with van der Waals surface area (Å²) in [5.41, 5.74) is 0.925. The van der Waals surface area contributed by atoms with Crippen LogP contribution in [0.15, 0.2) is 30.3 Å².